The molecule has 3 rings (SSSR count). The number of nitrogens with one attached hydrogen (secondary N) is 2. The summed E-state index contributed by atoms with van der Waals surface area (Å²) in [6, 6.07) is 7.30. The predicted molar refractivity (Wildman–Crippen MR) is 102 cm³/mol. The molecule has 0 aliphatic rings. The highest BCUT2D eigenvalue weighted by molar-refractivity contribution is 7.92. The molecule has 0 spiro atoms. The molecule has 29 heavy (non-hydrogen) atoms. The van der Waals surface area contributed by atoms with Gasteiger partial charge in [0, 0.05) is 16.9 Å². The lowest BCUT2D eigenvalue weighted by atomic mass is 9.98. The molecule has 0 saturated heterocycles. The topological polar surface area (TPSA) is 123 Å². The molecule has 3 aromatic rings. The third-order valence-electron chi connectivity index (χ3n) is 3.54. The minimum atomic E-state index is -4.76. The fourth-order valence-electron chi connectivity index (χ4n) is 2.56. The highest BCUT2D eigenvalue weighted by Crippen LogP contribution is 2.43. The second-order valence-electron chi connectivity index (χ2n) is 5.92. The van der Waals surface area contributed by atoms with Crippen LogP contribution in [0.3, 0.4) is 0 Å². The average Bonchev–Trinajstić information content (AvgIpc) is 2.97. The third-order valence-corrected chi connectivity index (χ3v) is 4.45. The van der Waals surface area contributed by atoms with E-state index in [1.54, 1.807) is 0 Å². The zero-order chi connectivity index (χ0) is 21.4. The first-order valence-electron chi connectivity index (χ1n) is 7.77. The number of anilines is 4. The molecule has 0 atom stereocenters. The molecule has 0 fully saturated rings. The van der Waals surface area contributed by atoms with Crippen LogP contribution in [-0.4, -0.2) is 24.8 Å². The van der Waals surface area contributed by atoms with Crippen LogP contribution in [0.2, 0.25) is 5.02 Å². The van der Waals surface area contributed by atoms with Crippen molar-refractivity contribution in [2.45, 2.75) is 6.18 Å². The molecule has 1 aromatic heterocycles. The van der Waals surface area contributed by atoms with Gasteiger partial charge in [-0.15, -0.1) is 0 Å². The molecule has 0 saturated carbocycles. The zero-order valence-electron chi connectivity index (χ0n) is 14.6. The Morgan fingerprint density at radius 2 is 1.90 bits per heavy atom. The highest BCUT2D eigenvalue weighted by atomic mass is 35.5. The molecule has 0 bridgehead atoms. The molecule has 154 valence electrons. The van der Waals surface area contributed by atoms with Gasteiger partial charge < -0.3 is 15.6 Å². The van der Waals surface area contributed by atoms with Crippen LogP contribution in [-0.2, 0) is 16.2 Å². The molecular weight excluding hydrogens is 435 g/mol. The second kappa shape index (κ2) is 7.44. The number of nitrogens with two attached hydrogens (primary N) is 1. The van der Waals surface area contributed by atoms with Gasteiger partial charge in [-0.3, -0.25) is 4.72 Å². The van der Waals surface area contributed by atoms with E-state index in [2.05, 4.69) is 20.2 Å². The maximum absolute atomic E-state index is 13.7. The summed E-state index contributed by atoms with van der Waals surface area (Å²) in [5.41, 5.74) is 4.06. The maximum Gasteiger partial charge on any atom is 0.417 e. The number of hydrogen-bond donors (Lipinski definition) is 3. The number of halogens is 4. The predicted octanol–water partition coefficient (Wildman–Crippen LogP) is 4.11. The Morgan fingerprint density at radius 1 is 1.17 bits per heavy atom. The smallest absolute Gasteiger partial charge is 0.365 e. The molecule has 13 heteroatoms. The number of sulfonamides is 1. The Kier molecular flexibility index (Phi) is 5.32. The Morgan fingerprint density at radius 3 is 2.48 bits per heavy atom. The molecular formula is C16H13ClF3N5O3S. The quantitative estimate of drug-likeness (QED) is 0.537. The van der Waals surface area contributed by atoms with Gasteiger partial charge in [0.2, 0.25) is 10.0 Å². The summed E-state index contributed by atoms with van der Waals surface area (Å²) in [4.78, 5) is 3.65. The molecule has 8 nitrogen and oxygen atoms in total. The van der Waals surface area contributed by atoms with Crippen LogP contribution < -0.4 is 15.8 Å². The third kappa shape index (κ3) is 5.09. The van der Waals surface area contributed by atoms with E-state index in [-0.39, 0.29) is 39.5 Å². The monoisotopic (exact) mass is 447 g/mol. The molecule has 0 unspecified atom stereocenters. The van der Waals surface area contributed by atoms with E-state index in [1.165, 1.54) is 30.3 Å². The Bertz CT molecular complexity index is 1160. The van der Waals surface area contributed by atoms with Crippen molar-refractivity contribution in [3.63, 3.8) is 0 Å². The Hall–Kier alpha value is -2.99. The Labute approximate surface area is 167 Å². The number of nitrogen functional groups attached to an aromatic ring is 1. The standard InChI is InChI=1S/C16H13ClF3N5O3S/c1-29(26,27)25-9-4-2-3-8(5-9)13-11(16(18,19)20)6-10(7-12(13)17)22-15-23-14(21)24-28-15/h2-7,25H,1H3,(H3,21,22,23,24). The average molecular weight is 448 g/mol. The van der Waals surface area contributed by atoms with Gasteiger partial charge in [0.15, 0.2) is 0 Å². The van der Waals surface area contributed by atoms with Crippen LogP contribution >= 0.6 is 11.6 Å². The van der Waals surface area contributed by atoms with Gasteiger partial charge in [0.1, 0.15) is 0 Å². The molecule has 0 aliphatic carbocycles. The summed E-state index contributed by atoms with van der Waals surface area (Å²) in [5.74, 6) is -0.193. The lowest BCUT2D eigenvalue weighted by molar-refractivity contribution is -0.137. The van der Waals surface area contributed by atoms with Crippen molar-refractivity contribution in [2.75, 3.05) is 22.0 Å². The first-order valence-corrected chi connectivity index (χ1v) is 10.0. The summed E-state index contributed by atoms with van der Waals surface area (Å²) in [5, 5.41) is 5.60. The number of rotatable bonds is 5. The van der Waals surface area contributed by atoms with E-state index < -0.39 is 21.8 Å². The molecule has 2 aromatic carbocycles. The molecule has 1 heterocycles. The van der Waals surface area contributed by atoms with Crippen molar-refractivity contribution in [3.8, 4) is 11.1 Å². The first-order chi connectivity index (χ1) is 13.4. The summed E-state index contributed by atoms with van der Waals surface area (Å²) < 4.78 is 71.0. The minimum Gasteiger partial charge on any atom is -0.365 e. The van der Waals surface area contributed by atoms with Crippen LogP contribution in [0.25, 0.3) is 11.1 Å². The van der Waals surface area contributed by atoms with Gasteiger partial charge in [-0.2, -0.15) is 18.2 Å². The summed E-state index contributed by atoms with van der Waals surface area (Å²) in [6.45, 7) is 0. The lowest BCUT2D eigenvalue weighted by Crippen LogP contribution is -2.10. The summed E-state index contributed by atoms with van der Waals surface area (Å²) >= 11 is 6.16. The van der Waals surface area contributed by atoms with Crippen molar-refractivity contribution in [1.82, 2.24) is 10.1 Å². The fourth-order valence-corrected chi connectivity index (χ4v) is 3.44. The number of nitrogens with zero attached hydrogens (tertiary/aromatic N) is 2. The van der Waals surface area contributed by atoms with Crippen molar-refractivity contribution in [1.29, 1.82) is 0 Å². The minimum absolute atomic E-state index is 0.0554. The van der Waals surface area contributed by atoms with E-state index in [1.807, 2.05) is 0 Å². The molecule has 4 N–H and O–H groups in total. The zero-order valence-corrected chi connectivity index (χ0v) is 16.2. The fraction of sp³-hybridized carbons (Fsp3) is 0.125. The van der Waals surface area contributed by atoms with Gasteiger partial charge in [-0.25, -0.2) is 8.42 Å². The van der Waals surface area contributed by atoms with Crippen LogP contribution in [0.15, 0.2) is 40.9 Å². The molecule has 0 amide bonds. The largest absolute Gasteiger partial charge is 0.417 e. The second-order valence-corrected chi connectivity index (χ2v) is 8.07. The maximum atomic E-state index is 13.7. The van der Waals surface area contributed by atoms with Crippen molar-refractivity contribution in [3.05, 3.63) is 47.0 Å². The van der Waals surface area contributed by atoms with Crippen LogP contribution in [0.1, 0.15) is 5.56 Å². The highest BCUT2D eigenvalue weighted by Gasteiger charge is 2.35. The normalized spacial score (nSPS) is 12.0. The van der Waals surface area contributed by atoms with Gasteiger partial charge in [-0.1, -0.05) is 23.7 Å². The number of alkyl halides is 3. The van der Waals surface area contributed by atoms with E-state index in [9.17, 15) is 21.6 Å². The summed E-state index contributed by atoms with van der Waals surface area (Å²) in [6.07, 6.45) is -3.83. The molecule has 0 aliphatic heterocycles. The summed E-state index contributed by atoms with van der Waals surface area (Å²) in [7, 11) is -3.61. The van der Waals surface area contributed by atoms with Crippen molar-refractivity contribution in [2.24, 2.45) is 0 Å². The van der Waals surface area contributed by atoms with Gasteiger partial charge in [-0.05, 0) is 35.0 Å². The Balaban J connectivity index is 2.10. The van der Waals surface area contributed by atoms with E-state index in [0.29, 0.717) is 0 Å². The van der Waals surface area contributed by atoms with Gasteiger partial charge in [0.05, 0.1) is 16.8 Å². The number of benzene rings is 2. The van der Waals surface area contributed by atoms with Gasteiger partial charge >= 0.3 is 12.2 Å². The van der Waals surface area contributed by atoms with Gasteiger partial charge in [0.25, 0.3) is 5.95 Å². The van der Waals surface area contributed by atoms with Crippen molar-refractivity contribution < 1.29 is 26.1 Å². The first kappa shape index (κ1) is 20.7. The van der Waals surface area contributed by atoms with E-state index >= 15 is 0 Å². The van der Waals surface area contributed by atoms with Crippen LogP contribution in [0.4, 0.5) is 36.5 Å². The lowest BCUT2D eigenvalue weighted by Gasteiger charge is -2.17. The number of hydrogen-bond acceptors (Lipinski definition) is 7. The van der Waals surface area contributed by atoms with Crippen LogP contribution in [0, 0.1) is 0 Å². The number of aromatic nitrogens is 2. The van der Waals surface area contributed by atoms with Crippen molar-refractivity contribution >= 4 is 45.0 Å². The van der Waals surface area contributed by atoms with E-state index in [0.717, 1.165) is 12.3 Å². The van der Waals surface area contributed by atoms with Crippen LogP contribution in [0.5, 0.6) is 0 Å². The molecule has 0 radical (unpaired) electrons. The SMILES string of the molecule is CS(=O)(=O)Nc1cccc(-c2c(Cl)cc(Nc3nc(N)no3)cc2C(F)(F)F)c1. The van der Waals surface area contributed by atoms with E-state index in [4.69, 9.17) is 21.9 Å².